The quantitative estimate of drug-likeness (QED) is 0.725. The van der Waals surface area contributed by atoms with Crippen LogP contribution in [-0.4, -0.2) is 34.3 Å². The van der Waals surface area contributed by atoms with Gasteiger partial charge < -0.3 is 14.9 Å². The number of carbonyl (C=O) groups excluding carboxylic acids is 1. The van der Waals surface area contributed by atoms with Crippen molar-refractivity contribution in [2.75, 3.05) is 5.32 Å². The predicted octanol–water partition coefficient (Wildman–Crippen LogP) is 1.16. The number of rotatable bonds is 5. The molecule has 1 aromatic carbocycles. The summed E-state index contributed by atoms with van der Waals surface area (Å²) in [5.74, 6) is -2.88. The van der Waals surface area contributed by atoms with Gasteiger partial charge in [0.15, 0.2) is 0 Å². The number of carbonyl (C=O) groups is 3. The number of hydrogen-bond donors (Lipinski definition) is 3. The van der Waals surface area contributed by atoms with Gasteiger partial charge in [-0.1, -0.05) is 18.2 Å². The Morgan fingerprint density at radius 3 is 2.28 bits per heavy atom. The number of para-hydroxylation sites is 1. The molecule has 96 valence electrons. The van der Waals surface area contributed by atoms with Crippen molar-refractivity contribution >= 4 is 23.7 Å². The van der Waals surface area contributed by atoms with Crippen LogP contribution >= 0.6 is 0 Å². The number of carboxylic acids is 2. The highest BCUT2D eigenvalue weighted by Crippen LogP contribution is 2.07. The van der Waals surface area contributed by atoms with E-state index in [4.69, 9.17) is 10.2 Å². The average Bonchev–Trinajstić information content (AvgIpc) is 2.28. The molecule has 0 aromatic heterocycles. The van der Waals surface area contributed by atoms with Crippen molar-refractivity contribution in [3.05, 3.63) is 30.3 Å². The fourth-order valence-corrected chi connectivity index (χ4v) is 1.14. The Morgan fingerprint density at radius 2 is 1.78 bits per heavy atom. The van der Waals surface area contributed by atoms with Crippen LogP contribution in [0.5, 0.6) is 0 Å². The van der Waals surface area contributed by atoms with Gasteiger partial charge in [0.05, 0.1) is 6.42 Å². The Morgan fingerprint density at radius 1 is 1.17 bits per heavy atom. The van der Waals surface area contributed by atoms with E-state index in [1.165, 1.54) is 0 Å². The third-order valence-electron chi connectivity index (χ3n) is 1.90. The lowest BCUT2D eigenvalue weighted by molar-refractivity contribution is -0.152. The van der Waals surface area contributed by atoms with Gasteiger partial charge in [-0.2, -0.15) is 0 Å². The minimum Gasteiger partial charge on any atom is -0.481 e. The van der Waals surface area contributed by atoms with Crippen molar-refractivity contribution in [2.45, 2.75) is 12.5 Å². The summed E-state index contributed by atoms with van der Waals surface area (Å²) in [4.78, 5) is 32.4. The van der Waals surface area contributed by atoms with Crippen LogP contribution in [0.25, 0.3) is 0 Å². The van der Waals surface area contributed by atoms with E-state index in [9.17, 15) is 14.4 Å². The van der Waals surface area contributed by atoms with Crippen molar-refractivity contribution in [1.29, 1.82) is 0 Å². The van der Waals surface area contributed by atoms with Gasteiger partial charge in [-0.3, -0.25) is 10.1 Å². The number of carboxylic acid groups (broad SMARTS) is 2. The second kappa shape index (κ2) is 6.24. The molecule has 0 aliphatic carbocycles. The van der Waals surface area contributed by atoms with E-state index < -0.39 is 30.6 Å². The zero-order valence-electron chi connectivity index (χ0n) is 9.20. The van der Waals surface area contributed by atoms with Crippen LogP contribution in [0.4, 0.5) is 10.5 Å². The third kappa shape index (κ3) is 4.52. The molecule has 1 rings (SSSR count). The van der Waals surface area contributed by atoms with E-state index in [1.54, 1.807) is 30.3 Å². The Bertz CT molecular complexity index is 444. The fraction of sp³-hybridized carbons (Fsp3) is 0.182. The first-order valence-corrected chi connectivity index (χ1v) is 4.96. The maximum absolute atomic E-state index is 11.3. The maximum Gasteiger partial charge on any atom is 0.412 e. The summed E-state index contributed by atoms with van der Waals surface area (Å²) in [5.41, 5.74) is 0.418. The van der Waals surface area contributed by atoms with Crippen molar-refractivity contribution in [3.63, 3.8) is 0 Å². The minimum absolute atomic E-state index is 0.418. The molecule has 0 bridgehead atoms. The number of ether oxygens (including phenoxy) is 1. The van der Waals surface area contributed by atoms with Crippen LogP contribution in [0.3, 0.4) is 0 Å². The van der Waals surface area contributed by atoms with Gasteiger partial charge in [0, 0.05) is 5.69 Å². The summed E-state index contributed by atoms with van der Waals surface area (Å²) in [6.07, 6.45) is -3.53. The SMILES string of the molecule is O=C(O)CC(OC(=O)Nc1ccccc1)C(=O)O. The first-order valence-electron chi connectivity index (χ1n) is 4.96. The minimum atomic E-state index is -1.72. The standard InChI is InChI=1S/C11H11NO6/c13-9(14)6-8(10(15)16)18-11(17)12-7-4-2-1-3-5-7/h1-5,8H,6H2,(H,12,17)(H,13,14)(H,15,16). The number of aliphatic carboxylic acids is 2. The monoisotopic (exact) mass is 253 g/mol. The van der Waals surface area contributed by atoms with Crippen LogP contribution < -0.4 is 5.32 Å². The van der Waals surface area contributed by atoms with Crippen LogP contribution in [0, 0.1) is 0 Å². The van der Waals surface area contributed by atoms with Gasteiger partial charge in [0.2, 0.25) is 6.10 Å². The molecule has 0 spiro atoms. The van der Waals surface area contributed by atoms with E-state index in [-0.39, 0.29) is 0 Å². The van der Waals surface area contributed by atoms with E-state index in [0.717, 1.165) is 0 Å². The summed E-state index contributed by atoms with van der Waals surface area (Å²) in [6.45, 7) is 0. The van der Waals surface area contributed by atoms with E-state index in [0.29, 0.717) is 5.69 Å². The summed E-state index contributed by atoms with van der Waals surface area (Å²) in [5, 5.41) is 19.4. The van der Waals surface area contributed by atoms with E-state index >= 15 is 0 Å². The van der Waals surface area contributed by atoms with Gasteiger partial charge >= 0.3 is 18.0 Å². The zero-order chi connectivity index (χ0) is 13.5. The molecular formula is C11H11NO6. The lowest BCUT2D eigenvalue weighted by Crippen LogP contribution is -2.31. The molecule has 0 aliphatic heterocycles. The van der Waals surface area contributed by atoms with Gasteiger partial charge in [0.25, 0.3) is 0 Å². The molecule has 0 radical (unpaired) electrons. The van der Waals surface area contributed by atoms with Crippen molar-refractivity contribution in [3.8, 4) is 0 Å². The summed E-state index contributed by atoms with van der Waals surface area (Å²) < 4.78 is 4.50. The normalized spacial score (nSPS) is 11.3. The van der Waals surface area contributed by atoms with Crippen molar-refractivity contribution in [1.82, 2.24) is 0 Å². The highest BCUT2D eigenvalue weighted by atomic mass is 16.6. The molecule has 0 heterocycles. The van der Waals surface area contributed by atoms with E-state index in [1.807, 2.05) is 0 Å². The molecule has 18 heavy (non-hydrogen) atoms. The number of anilines is 1. The van der Waals surface area contributed by atoms with E-state index in [2.05, 4.69) is 10.1 Å². The summed E-state index contributed by atoms with van der Waals surface area (Å²) in [6, 6.07) is 8.23. The molecule has 0 saturated carbocycles. The molecule has 1 amide bonds. The van der Waals surface area contributed by atoms with Crippen LogP contribution in [0.1, 0.15) is 6.42 Å². The Labute approximate surface area is 102 Å². The van der Waals surface area contributed by atoms with Gasteiger partial charge in [-0.05, 0) is 12.1 Å². The number of amides is 1. The largest absolute Gasteiger partial charge is 0.481 e. The first-order chi connectivity index (χ1) is 8.49. The predicted molar refractivity (Wildman–Crippen MR) is 60.2 cm³/mol. The molecule has 0 fully saturated rings. The molecule has 1 aromatic rings. The molecule has 7 nitrogen and oxygen atoms in total. The highest BCUT2D eigenvalue weighted by Gasteiger charge is 2.25. The second-order valence-electron chi connectivity index (χ2n) is 3.32. The average molecular weight is 253 g/mol. The Kier molecular flexibility index (Phi) is 4.67. The van der Waals surface area contributed by atoms with Crippen LogP contribution in [-0.2, 0) is 14.3 Å². The molecule has 3 N–H and O–H groups in total. The smallest absolute Gasteiger partial charge is 0.412 e. The van der Waals surface area contributed by atoms with Gasteiger partial charge in [-0.25, -0.2) is 9.59 Å². The Balaban J connectivity index is 2.56. The van der Waals surface area contributed by atoms with Crippen LogP contribution in [0.15, 0.2) is 30.3 Å². The first kappa shape index (κ1) is 13.5. The molecule has 0 saturated heterocycles. The lowest BCUT2D eigenvalue weighted by Gasteiger charge is -2.12. The topological polar surface area (TPSA) is 113 Å². The number of nitrogens with one attached hydrogen (secondary N) is 1. The lowest BCUT2D eigenvalue weighted by atomic mass is 10.2. The molecule has 1 atom stereocenters. The number of benzene rings is 1. The zero-order valence-corrected chi connectivity index (χ0v) is 9.20. The van der Waals surface area contributed by atoms with Gasteiger partial charge in [-0.15, -0.1) is 0 Å². The second-order valence-corrected chi connectivity index (χ2v) is 3.32. The third-order valence-corrected chi connectivity index (χ3v) is 1.90. The fourth-order valence-electron chi connectivity index (χ4n) is 1.14. The maximum atomic E-state index is 11.3. The summed E-state index contributed by atoms with van der Waals surface area (Å²) >= 11 is 0. The molecular weight excluding hydrogens is 242 g/mol. The highest BCUT2D eigenvalue weighted by molar-refractivity contribution is 5.88. The van der Waals surface area contributed by atoms with Crippen LogP contribution in [0.2, 0.25) is 0 Å². The van der Waals surface area contributed by atoms with Crippen molar-refractivity contribution < 1.29 is 29.3 Å². The molecule has 1 unspecified atom stereocenters. The van der Waals surface area contributed by atoms with Gasteiger partial charge in [0.1, 0.15) is 0 Å². The number of hydrogen-bond acceptors (Lipinski definition) is 4. The molecule has 7 heteroatoms. The van der Waals surface area contributed by atoms with Crippen molar-refractivity contribution in [2.24, 2.45) is 0 Å². The Hall–Kier alpha value is -2.57. The summed E-state index contributed by atoms with van der Waals surface area (Å²) in [7, 11) is 0. The molecule has 0 aliphatic rings.